The summed E-state index contributed by atoms with van der Waals surface area (Å²) >= 11 is 6.40. The molecule has 3 aromatic heterocycles. The van der Waals surface area contributed by atoms with E-state index in [-0.39, 0.29) is 17.9 Å². The SMILES string of the molecule is N=C/C(=C\N)c1nn(Cc2cc3cccc(Cl)c3c(=O)n2-c2ccccc2)c2ncnc(N)c12. The third-order valence-electron chi connectivity index (χ3n) is 5.57. The van der Waals surface area contributed by atoms with Gasteiger partial charge in [0.2, 0.25) is 0 Å². The van der Waals surface area contributed by atoms with Crippen LogP contribution in [0.15, 0.2) is 71.9 Å². The first-order chi connectivity index (χ1) is 16.5. The largest absolute Gasteiger partial charge is 0.404 e. The van der Waals surface area contributed by atoms with Gasteiger partial charge in [0.15, 0.2) is 5.65 Å². The minimum absolute atomic E-state index is 0.190. The Balaban J connectivity index is 1.80. The number of allylic oxidation sites excluding steroid dienone is 1. The molecule has 0 aliphatic rings. The summed E-state index contributed by atoms with van der Waals surface area (Å²) in [6, 6.07) is 16.6. The maximum Gasteiger partial charge on any atom is 0.264 e. The number of nitrogen functional groups attached to an aromatic ring is 1. The number of pyridine rings is 1. The van der Waals surface area contributed by atoms with Crippen LogP contribution < -0.4 is 17.0 Å². The van der Waals surface area contributed by atoms with Crippen molar-refractivity contribution in [1.29, 1.82) is 5.41 Å². The van der Waals surface area contributed by atoms with E-state index in [0.717, 1.165) is 6.21 Å². The van der Waals surface area contributed by atoms with Gasteiger partial charge in [-0.3, -0.25) is 9.36 Å². The molecule has 5 rings (SSSR count). The molecule has 0 fully saturated rings. The molecular weight excluding hydrogens is 452 g/mol. The van der Waals surface area contributed by atoms with Gasteiger partial charge in [-0.1, -0.05) is 41.9 Å². The molecule has 34 heavy (non-hydrogen) atoms. The molecule has 2 aromatic carbocycles. The van der Waals surface area contributed by atoms with E-state index < -0.39 is 0 Å². The van der Waals surface area contributed by atoms with Gasteiger partial charge in [-0.2, -0.15) is 5.10 Å². The lowest BCUT2D eigenvalue weighted by molar-refractivity contribution is 0.668. The van der Waals surface area contributed by atoms with Crippen LogP contribution in [0.3, 0.4) is 0 Å². The van der Waals surface area contributed by atoms with Crippen molar-refractivity contribution in [3.8, 4) is 5.69 Å². The smallest absolute Gasteiger partial charge is 0.264 e. The van der Waals surface area contributed by atoms with Crippen LogP contribution in [0, 0.1) is 5.41 Å². The number of anilines is 1. The third kappa shape index (κ3) is 3.39. The summed E-state index contributed by atoms with van der Waals surface area (Å²) in [7, 11) is 0. The van der Waals surface area contributed by atoms with Crippen LogP contribution in [0.5, 0.6) is 0 Å². The molecule has 0 aliphatic carbocycles. The molecule has 0 unspecified atom stereocenters. The zero-order chi connectivity index (χ0) is 23.8. The molecule has 0 atom stereocenters. The lowest BCUT2D eigenvalue weighted by Crippen LogP contribution is -2.24. The lowest BCUT2D eigenvalue weighted by Gasteiger charge is -2.15. The van der Waals surface area contributed by atoms with Crippen molar-refractivity contribution in [3.05, 3.63) is 93.9 Å². The van der Waals surface area contributed by atoms with Crippen LogP contribution >= 0.6 is 11.6 Å². The number of nitrogens with two attached hydrogens (primary N) is 2. The van der Waals surface area contributed by atoms with Crippen molar-refractivity contribution < 1.29 is 0 Å². The number of hydrogen-bond donors (Lipinski definition) is 3. The van der Waals surface area contributed by atoms with Crippen LogP contribution in [0.4, 0.5) is 5.82 Å². The van der Waals surface area contributed by atoms with Gasteiger partial charge in [0.25, 0.3) is 5.56 Å². The molecule has 3 heterocycles. The second kappa shape index (κ2) is 8.45. The standard InChI is InChI=1S/C24H19ClN8O/c25-18-8-4-5-14-9-17(33(24(34)19(14)18)16-6-2-1-3-7-16)12-32-23-20(22(28)29-13-30-23)21(31-32)15(10-26)11-27/h1-11,13,26H,12,27H2,(H2,28,29,30)/b15-11+,26-10?. The Morgan fingerprint density at radius 3 is 2.62 bits per heavy atom. The second-order valence-electron chi connectivity index (χ2n) is 7.55. The quantitative estimate of drug-likeness (QED) is 0.336. The molecule has 0 aliphatic heterocycles. The Hall–Kier alpha value is -4.50. The minimum Gasteiger partial charge on any atom is -0.404 e. The van der Waals surface area contributed by atoms with Gasteiger partial charge in [-0.15, -0.1) is 0 Å². The Kier molecular flexibility index (Phi) is 5.31. The van der Waals surface area contributed by atoms with Crippen LogP contribution in [-0.4, -0.2) is 30.5 Å². The third-order valence-corrected chi connectivity index (χ3v) is 5.88. The lowest BCUT2D eigenvalue weighted by atomic mass is 10.1. The second-order valence-corrected chi connectivity index (χ2v) is 7.95. The average molecular weight is 471 g/mol. The molecule has 168 valence electrons. The number of hydrogen-bond acceptors (Lipinski definition) is 7. The Bertz CT molecular complexity index is 1650. The highest BCUT2D eigenvalue weighted by atomic mass is 35.5. The molecule has 0 amide bonds. The topological polar surface area (TPSA) is 141 Å². The van der Waals surface area contributed by atoms with E-state index in [0.29, 0.717) is 49.5 Å². The van der Waals surface area contributed by atoms with E-state index in [1.807, 2.05) is 42.5 Å². The van der Waals surface area contributed by atoms with Crippen molar-refractivity contribution >= 4 is 51.0 Å². The van der Waals surface area contributed by atoms with Crippen LogP contribution in [-0.2, 0) is 6.54 Å². The first-order valence-electron chi connectivity index (χ1n) is 10.3. The van der Waals surface area contributed by atoms with E-state index in [1.54, 1.807) is 21.4 Å². The maximum atomic E-state index is 13.6. The van der Waals surface area contributed by atoms with Crippen molar-refractivity contribution in [2.45, 2.75) is 6.54 Å². The molecule has 0 saturated carbocycles. The first-order valence-corrected chi connectivity index (χ1v) is 10.7. The highest BCUT2D eigenvalue weighted by molar-refractivity contribution is 6.35. The highest BCUT2D eigenvalue weighted by Crippen LogP contribution is 2.28. The summed E-state index contributed by atoms with van der Waals surface area (Å²) in [5.74, 6) is 0.221. The Morgan fingerprint density at radius 1 is 1.09 bits per heavy atom. The van der Waals surface area contributed by atoms with Crippen molar-refractivity contribution in [3.63, 3.8) is 0 Å². The zero-order valence-corrected chi connectivity index (χ0v) is 18.6. The number of rotatable bonds is 5. The average Bonchev–Trinajstić information content (AvgIpc) is 3.20. The van der Waals surface area contributed by atoms with Crippen LogP contribution in [0.2, 0.25) is 5.02 Å². The molecule has 5 aromatic rings. The zero-order valence-electron chi connectivity index (χ0n) is 17.8. The molecule has 10 heteroatoms. The van der Waals surface area contributed by atoms with Crippen molar-refractivity contribution in [2.75, 3.05) is 5.73 Å². The van der Waals surface area contributed by atoms with Crippen LogP contribution in [0.25, 0.3) is 33.1 Å². The van der Waals surface area contributed by atoms with E-state index >= 15 is 0 Å². The number of para-hydroxylation sites is 1. The summed E-state index contributed by atoms with van der Waals surface area (Å²) in [6.07, 6.45) is 3.72. The number of halogens is 1. The predicted molar refractivity (Wildman–Crippen MR) is 134 cm³/mol. The fourth-order valence-corrected chi connectivity index (χ4v) is 4.30. The summed E-state index contributed by atoms with van der Waals surface area (Å²) in [4.78, 5) is 22.1. The van der Waals surface area contributed by atoms with Crippen molar-refractivity contribution in [2.24, 2.45) is 5.73 Å². The van der Waals surface area contributed by atoms with Crippen molar-refractivity contribution in [1.82, 2.24) is 24.3 Å². The molecule has 0 spiro atoms. The normalized spacial score (nSPS) is 11.9. The number of aromatic nitrogens is 5. The fraction of sp³-hybridized carbons (Fsp3) is 0.0417. The summed E-state index contributed by atoms with van der Waals surface area (Å²) in [6.45, 7) is 0.190. The molecular formula is C24H19ClN8O. The fourth-order valence-electron chi connectivity index (χ4n) is 4.04. The van der Waals surface area contributed by atoms with Gasteiger partial charge in [-0.25, -0.2) is 14.6 Å². The monoisotopic (exact) mass is 470 g/mol. The van der Waals surface area contributed by atoms with Crippen LogP contribution in [0.1, 0.15) is 11.4 Å². The number of fused-ring (bicyclic) bond motifs is 2. The Morgan fingerprint density at radius 2 is 1.88 bits per heavy atom. The highest BCUT2D eigenvalue weighted by Gasteiger charge is 2.20. The van der Waals surface area contributed by atoms with Gasteiger partial charge >= 0.3 is 0 Å². The maximum absolute atomic E-state index is 13.6. The summed E-state index contributed by atoms with van der Waals surface area (Å²) in [5, 5.41) is 14.4. The number of nitrogens with zero attached hydrogens (tertiary/aromatic N) is 5. The molecule has 5 N–H and O–H groups in total. The molecule has 0 bridgehead atoms. The molecule has 9 nitrogen and oxygen atoms in total. The van der Waals surface area contributed by atoms with E-state index in [9.17, 15) is 4.79 Å². The Labute approximate surface area is 198 Å². The van der Waals surface area contributed by atoms with Gasteiger partial charge < -0.3 is 16.9 Å². The number of nitrogens with one attached hydrogen (secondary N) is 1. The van der Waals surface area contributed by atoms with Gasteiger partial charge in [0.05, 0.1) is 22.3 Å². The van der Waals surface area contributed by atoms with E-state index in [1.165, 1.54) is 12.5 Å². The summed E-state index contributed by atoms with van der Waals surface area (Å²) < 4.78 is 3.24. The minimum atomic E-state index is -0.239. The molecule has 0 saturated heterocycles. The molecule has 0 radical (unpaired) electrons. The summed E-state index contributed by atoms with van der Waals surface area (Å²) in [5.41, 5.74) is 14.2. The van der Waals surface area contributed by atoms with Gasteiger partial charge in [-0.05, 0) is 29.7 Å². The van der Waals surface area contributed by atoms with E-state index in [2.05, 4.69) is 15.1 Å². The number of benzene rings is 2. The first kappa shape index (κ1) is 21.4. The predicted octanol–water partition coefficient (Wildman–Crippen LogP) is 3.36. The van der Waals surface area contributed by atoms with Gasteiger partial charge in [0, 0.05) is 29.4 Å². The van der Waals surface area contributed by atoms with Gasteiger partial charge in [0.1, 0.15) is 17.8 Å². The van der Waals surface area contributed by atoms with E-state index in [4.69, 9.17) is 28.5 Å².